The first-order chi connectivity index (χ1) is 2.56. The van der Waals surface area contributed by atoms with E-state index in [0.717, 1.165) is 0 Å². The minimum absolute atomic E-state index is 1.37. The molecule has 0 aliphatic rings. The Morgan fingerprint density at radius 1 is 1.33 bits per heavy atom. The summed E-state index contributed by atoms with van der Waals surface area (Å²) in [4.78, 5) is 0. The first kappa shape index (κ1) is 7.39. The van der Waals surface area contributed by atoms with Crippen molar-refractivity contribution in [3.63, 3.8) is 0 Å². The molecule has 0 radical (unpaired) electrons. The van der Waals surface area contributed by atoms with Crippen molar-refractivity contribution in [1.82, 2.24) is 0 Å². The van der Waals surface area contributed by atoms with Gasteiger partial charge in [0.25, 0.3) is 0 Å². The van der Waals surface area contributed by atoms with Gasteiger partial charge in [0, 0.05) is 0 Å². The van der Waals surface area contributed by atoms with Crippen molar-refractivity contribution in [1.29, 1.82) is 0 Å². The van der Waals surface area contributed by atoms with Crippen LogP contribution in [0.3, 0.4) is 0 Å². The summed E-state index contributed by atoms with van der Waals surface area (Å²) < 4.78 is 3.80. The Bertz CT molecular complexity index is 53.1. The molecule has 0 heterocycles. The van der Waals surface area contributed by atoms with E-state index in [1.807, 2.05) is 0 Å². The Labute approximate surface area is 45.5 Å². The molecule has 38 valence electrons. The summed E-state index contributed by atoms with van der Waals surface area (Å²) >= 11 is 0. The zero-order valence-electron chi connectivity index (χ0n) is 3.39. The predicted molar refractivity (Wildman–Crippen MR) is 47.0 cm³/mol. The molecule has 0 saturated heterocycles. The second-order valence-electron chi connectivity index (χ2n) is 1.05. The van der Waals surface area contributed by atoms with Crippen molar-refractivity contribution < 1.29 is 0 Å². The van der Waals surface area contributed by atoms with Crippen LogP contribution in [0, 0.1) is 0 Å². The molecule has 0 aromatic carbocycles. The fourth-order valence-electron chi connectivity index (χ4n) is 0. The molecular formula is CH9NP4. The molecule has 0 bridgehead atoms. The second-order valence-corrected chi connectivity index (χ2v) is 17.5. The van der Waals surface area contributed by atoms with E-state index in [1.165, 1.54) is 0 Å². The maximum atomic E-state index is 3.80. The van der Waals surface area contributed by atoms with E-state index < -0.39 is 6.48 Å². The van der Waals surface area contributed by atoms with Crippen LogP contribution in [0.1, 0.15) is 0 Å². The topological polar surface area (TPSA) is 12.4 Å². The summed E-state index contributed by atoms with van der Waals surface area (Å²) in [5.74, 6) is 0. The quantitative estimate of drug-likeness (QED) is 0.408. The number of hydrogen-bond acceptors (Lipinski definition) is 1. The van der Waals surface area contributed by atoms with E-state index in [1.54, 1.807) is 0 Å². The van der Waals surface area contributed by atoms with Crippen molar-refractivity contribution in [2.24, 2.45) is 4.76 Å². The molecule has 3 atom stereocenters. The van der Waals surface area contributed by atoms with E-state index in [2.05, 4.69) is 38.3 Å². The summed E-state index contributed by atoms with van der Waals surface area (Å²) in [7, 11) is 7.88. The van der Waals surface area contributed by atoms with Gasteiger partial charge in [-0.2, -0.15) is 0 Å². The summed E-state index contributed by atoms with van der Waals surface area (Å²) in [6.07, 6.45) is 0. The summed E-state index contributed by atoms with van der Waals surface area (Å²) in [5, 5.41) is 0. The SMILES string of the molecule is C=N[PH](P)(P)P. The van der Waals surface area contributed by atoms with Gasteiger partial charge in [-0.3, -0.25) is 0 Å². The fraction of sp³-hybridized carbons (Fsp3) is 0. The molecule has 6 heavy (non-hydrogen) atoms. The molecule has 0 N–H and O–H groups in total. The van der Waals surface area contributed by atoms with Gasteiger partial charge in [0.1, 0.15) is 0 Å². The Balaban J connectivity index is 3.45. The molecule has 0 aliphatic carbocycles. The molecule has 0 amide bonds. The molecule has 0 aromatic rings. The van der Waals surface area contributed by atoms with Gasteiger partial charge in [-0.05, 0) is 0 Å². The third-order valence-corrected chi connectivity index (χ3v) is 2.46. The van der Waals surface area contributed by atoms with Gasteiger partial charge in [0.2, 0.25) is 0 Å². The van der Waals surface area contributed by atoms with E-state index in [-0.39, 0.29) is 0 Å². The van der Waals surface area contributed by atoms with Gasteiger partial charge in [-0.15, -0.1) is 0 Å². The molecule has 0 spiro atoms. The van der Waals surface area contributed by atoms with Crippen LogP contribution in [0.2, 0.25) is 0 Å². The molecule has 0 aromatic heterocycles. The summed E-state index contributed by atoms with van der Waals surface area (Å²) in [6.45, 7) is 2.01. The third kappa shape index (κ3) is 5.39. The van der Waals surface area contributed by atoms with Crippen LogP contribution >= 0.6 is 33.3 Å². The first-order valence-corrected chi connectivity index (χ1v) is 8.78. The normalized spacial score (nSPS) is 13.8. The van der Waals surface area contributed by atoms with E-state index >= 15 is 0 Å². The van der Waals surface area contributed by atoms with Crippen LogP contribution in [0.15, 0.2) is 4.76 Å². The van der Waals surface area contributed by atoms with Gasteiger partial charge in [0.15, 0.2) is 0 Å². The average molecular weight is 159 g/mol. The van der Waals surface area contributed by atoms with Gasteiger partial charge in [0.05, 0.1) is 0 Å². The van der Waals surface area contributed by atoms with E-state index in [9.17, 15) is 0 Å². The van der Waals surface area contributed by atoms with Gasteiger partial charge in [-0.25, -0.2) is 0 Å². The zero-order valence-corrected chi connectivity index (χ0v) is 7.85. The molecule has 0 rings (SSSR count). The first-order valence-electron chi connectivity index (χ1n) is 1.41. The number of nitrogens with zero attached hydrogens (tertiary/aromatic N) is 1. The predicted octanol–water partition coefficient (Wildman–Crippen LogP) is 1.72. The van der Waals surface area contributed by atoms with E-state index in [0.29, 0.717) is 0 Å². The zero-order chi connectivity index (χ0) is 5.21. The third-order valence-electron chi connectivity index (χ3n) is 0.274. The van der Waals surface area contributed by atoms with Crippen molar-refractivity contribution in [2.75, 3.05) is 0 Å². The van der Waals surface area contributed by atoms with Crippen LogP contribution in [0.5, 0.6) is 0 Å². The molecule has 1 nitrogen and oxygen atoms in total. The van der Waals surface area contributed by atoms with Crippen molar-refractivity contribution in [3.05, 3.63) is 0 Å². The van der Waals surface area contributed by atoms with Gasteiger partial charge < -0.3 is 0 Å². The van der Waals surface area contributed by atoms with E-state index in [4.69, 9.17) is 0 Å². The van der Waals surface area contributed by atoms with Crippen LogP contribution in [0.25, 0.3) is 0 Å². The minimum atomic E-state index is -1.37. The Morgan fingerprint density at radius 2 is 1.50 bits per heavy atom. The van der Waals surface area contributed by atoms with Crippen molar-refractivity contribution in [2.45, 2.75) is 0 Å². The van der Waals surface area contributed by atoms with Crippen molar-refractivity contribution in [3.8, 4) is 0 Å². The van der Waals surface area contributed by atoms with Crippen LogP contribution in [-0.2, 0) is 0 Å². The van der Waals surface area contributed by atoms with Crippen LogP contribution in [0.4, 0.5) is 0 Å². The number of rotatable bonds is 1. The Hall–Kier alpha value is 1.39. The molecule has 0 fully saturated rings. The Morgan fingerprint density at radius 3 is 1.50 bits per heavy atom. The molecule has 0 saturated carbocycles. The second kappa shape index (κ2) is 2.64. The Kier molecular flexibility index (Phi) is 3.25. The monoisotopic (exact) mass is 159 g/mol. The standard InChI is InChI=1S/CH9NP4/c1-2-6(3,4)5/h6H,1,3-5H2. The number of hydrogen-bond donors (Lipinski definition) is 0. The summed E-state index contributed by atoms with van der Waals surface area (Å²) in [6, 6.07) is 0. The fourth-order valence-corrected chi connectivity index (χ4v) is 0. The molecule has 0 aliphatic heterocycles. The summed E-state index contributed by atoms with van der Waals surface area (Å²) in [5.41, 5.74) is 0. The molecule has 3 unspecified atom stereocenters. The molecular weight excluding hydrogens is 150 g/mol. The van der Waals surface area contributed by atoms with Crippen molar-refractivity contribution >= 4 is 40.0 Å². The van der Waals surface area contributed by atoms with Gasteiger partial charge >= 0.3 is 44.7 Å². The molecule has 5 heteroatoms. The maximum absolute atomic E-state index is 3.80. The van der Waals surface area contributed by atoms with Crippen LogP contribution in [-0.4, -0.2) is 6.72 Å². The van der Waals surface area contributed by atoms with Crippen LogP contribution < -0.4 is 0 Å². The average Bonchev–Trinajstić information content (AvgIpc) is 1.35. The van der Waals surface area contributed by atoms with Gasteiger partial charge in [-0.1, -0.05) is 0 Å².